The summed E-state index contributed by atoms with van der Waals surface area (Å²) in [6.45, 7) is 14.0. The molecule has 6 rings (SSSR count). The first-order chi connectivity index (χ1) is 20.2. The third-order valence-electron chi connectivity index (χ3n) is 8.60. The van der Waals surface area contributed by atoms with Crippen molar-refractivity contribution in [3.05, 3.63) is 84.3 Å². The number of nitrogens with one attached hydrogen (secondary N) is 2. The summed E-state index contributed by atoms with van der Waals surface area (Å²) in [5, 5.41) is 8.51. The van der Waals surface area contributed by atoms with Gasteiger partial charge in [0.05, 0.1) is 11.9 Å². The molecule has 0 aliphatic carbocycles. The van der Waals surface area contributed by atoms with E-state index in [1.807, 2.05) is 43.2 Å². The first-order valence-corrected chi connectivity index (χ1v) is 14.3. The van der Waals surface area contributed by atoms with E-state index in [4.69, 9.17) is 4.98 Å². The summed E-state index contributed by atoms with van der Waals surface area (Å²) in [5.41, 5.74) is 12.2. The number of amides is 1. The molecule has 8 nitrogen and oxygen atoms in total. The molecule has 1 aliphatic heterocycles. The van der Waals surface area contributed by atoms with Gasteiger partial charge in [0.1, 0.15) is 5.65 Å². The summed E-state index contributed by atoms with van der Waals surface area (Å²) in [7, 11) is 4.13. The minimum Gasteiger partial charge on any atom is -0.369 e. The van der Waals surface area contributed by atoms with Crippen molar-refractivity contribution in [1.82, 2.24) is 24.6 Å². The van der Waals surface area contributed by atoms with Crippen LogP contribution in [0.25, 0.3) is 44.5 Å². The zero-order chi connectivity index (χ0) is 29.5. The first kappa shape index (κ1) is 27.5. The van der Waals surface area contributed by atoms with Crippen LogP contribution in [0.15, 0.2) is 67.5 Å². The van der Waals surface area contributed by atoms with Gasteiger partial charge in [-0.1, -0.05) is 30.8 Å². The van der Waals surface area contributed by atoms with Gasteiger partial charge < -0.3 is 20.1 Å². The van der Waals surface area contributed by atoms with Crippen LogP contribution in [0.3, 0.4) is 0 Å². The number of aromatic nitrogens is 4. The number of fused-ring (bicyclic) bond motifs is 1. The van der Waals surface area contributed by atoms with Crippen LogP contribution >= 0.6 is 0 Å². The number of carbonyl (C=O) groups excluding carboxylic acids is 1. The normalized spacial score (nSPS) is 14.0. The lowest BCUT2D eigenvalue weighted by molar-refractivity contribution is -0.111. The Morgan fingerprint density at radius 2 is 1.69 bits per heavy atom. The maximum atomic E-state index is 12.2. The van der Waals surface area contributed by atoms with Crippen LogP contribution in [0.5, 0.6) is 0 Å². The summed E-state index contributed by atoms with van der Waals surface area (Å²) in [6.07, 6.45) is 5.14. The van der Waals surface area contributed by atoms with Crippen molar-refractivity contribution in [2.45, 2.75) is 20.8 Å². The van der Waals surface area contributed by atoms with Crippen LogP contribution in [-0.4, -0.2) is 63.8 Å². The maximum Gasteiger partial charge on any atom is 0.247 e. The van der Waals surface area contributed by atoms with E-state index in [1.165, 1.54) is 11.8 Å². The average Bonchev–Trinajstić information content (AvgIpc) is 3.55. The van der Waals surface area contributed by atoms with Gasteiger partial charge in [-0.15, -0.1) is 0 Å². The van der Waals surface area contributed by atoms with Gasteiger partial charge >= 0.3 is 0 Å². The Morgan fingerprint density at radius 3 is 2.36 bits per heavy atom. The van der Waals surface area contributed by atoms with Gasteiger partial charge in [0.25, 0.3) is 0 Å². The number of aryl methyl sites for hydroxylation is 3. The van der Waals surface area contributed by atoms with Crippen molar-refractivity contribution >= 4 is 28.3 Å². The Kier molecular flexibility index (Phi) is 7.16. The number of aromatic amines is 1. The summed E-state index contributed by atoms with van der Waals surface area (Å²) in [5.74, 6) is -0.235. The Balaban J connectivity index is 0.00000221. The van der Waals surface area contributed by atoms with Gasteiger partial charge in [0.2, 0.25) is 5.91 Å². The highest BCUT2D eigenvalue weighted by Gasteiger charge is 2.22. The van der Waals surface area contributed by atoms with E-state index in [1.54, 1.807) is 0 Å². The molecule has 4 heterocycles. The number of benzene rings is 2. The van der Waals surface area contributed by atoms with E-state index in [-0.39, 0.29) is 8.76 Å². The second kappa shape index (κ2) is 10.9. The predicted octanol–water partition coefficient (Wildman–Crippen LogP) is 6.59. The van der Waals surface area contributed by atoms with Gasteiger partial charge in [0, 0.05) is 81.4 Å². The molecule has 0 spiro atoms. The average molecular weight is 564 g/mol. The van der Waals surface area contributed by atoms with E-state index in [0.29, 0.717) is 0 Å². The molecule has 1 fully saturated rings. The summed E-state index contributed by atoms with van der Waals surface area (Å²) >= 11 is 0. The highest BCUT2D eigenvalue weighted by atomic mass is 16.1. The number of hydrogen-bond donors (Lipinski definition) is 2. The minimum absolute atomic E-state index is 0. The zero-order valence-corrected chi connectivity index (χ0v) is 25.0. The zero-order valence-electron chi connectivity index (χ0n) is 25.0. The monoisotopic (exact) mass is 563 g/mol. The molecule has 0 atom stereocenters. The Labute approximate surface area is 249 Å². The third-order valence-corrected chi connectivity index (χ3v) is 8.60. The number of carbonyl (C=O) groups is 1. The third kappa shape index (κ3) is 4.88. The Morgan fingerprint density at radius 1 is 0.976 bits per heavy atom. The van der Waals surface area contributed by atoms with Crippen LogP contribution in [0.4, 0.5) is 11.4 Å². The van der Waals surface area contributed by atoms with Crippen molar-refractivity contribution in [1.29, 1.82) is 0 Å². The molecule has 218 valence electrons. The van der Waals surface area contributed by atoms with Gasteiger partial charge in [-0.3, -0.25) is 9.48 Å². The van der Waals surface area contributed by atoms with Gasteiger partial charge in [-0.25, -0.2) is 4.98 Å². The largest absolute Gasteiger partial charge is 0.369 e. The van der Waals surface area contributed by atoms with Crippen molar-refractivity contribution in [3.8, 4) is 33.5 Å². The molecular weight excluding hydrogens is 522 g/mol. The van der Waals surface area contributed by atoms with Gasteiger partial charge in [0.15, 0.2) is 0 Å². The number of nitrogens with zero attached hydrogens (tertiary/aromatic N) is 5. The molecular formula is C34H41N7O. The Bertz CT molecular complexity index is 1820. The molecule has 42 heavy (non-hydrogen) atoms. The second-order valence-electron chi connectivity index (χ2n) is 11.2. The lowest BCUT2D eigenvalue weighted by Gasteiger charge is -2.34. The molecule has 1 aliphatic rings. The fourth-order valence-electron chi connectivity index (χ4n) is 5.85. The highest BCUT2D eigenvalue weighted by Crippen LogP contribution is 2.43. The molecule has 0 unspecified atom stereocenters. The molecule has 0 radical (unpaired) electrons. The lowest BCUT2D eigenvalue weighted by atomic mass is 9.93. The fourth-order valence-corrected chi connectivity index (χ4v) is 5.85. The SMILES string of the molecule is C=CC(=O)Nc1cc(-c2c(-c3ccc(N4CCN(C)CC4)cc3)[nH]c3ncc(-c4cnn(C)c4C)c(C)c23)ccc1C.[HH].[HH]. The molecule has 3 aromatic heterocycles. The molecule has 0 bridgehead atoms. The fraction of sp³-hybridized carbons (Fsp3) is 0.265. The molecule has 1 saturated heterocycles. The van der Waals surface area contributed by atoms with Crippen molar-refractivity contribution in [2.75, 3.05) is 43.4 Å². The number of hydrogen-bond acceptors (Lipinski definition) is 5. The molecule has 2 N–H and O–H groups in total. The first-order valence-electron chi connectivity index (χ1n) is 14.3. The van der Waals surface area contributed by atoms with Gasteiger partial charge in [-0.2, -0.15) is 5.10 Å². The number of pyridine rings is 1. The van der Waals surface area contributed by atoms with E-state index >= 15 is 0 Å². The Hall–Kier alpha value is -4.69. The second-order valence-corrected chi connectivity index (χ2v) is 11.2. The smallest absolute Gasteiger partial charge is 0.247 e. The summed E-state index contributed by atoms with van der Waals surface area (Å²) < 4.78 is 1.89. The maximum absolute atomic E-state index is 12.2. The number of H-pyrrole nitrogens is 1. The van der Waals surface area contributed by atoms with Crippen LogP contribution in [0.1, 0.15) is 19.7 Å². The molecule has 1 amide bonds. The molecule has 0 saturated carbocycles. The quantitative estimate of drug-likeness (QED) is 0.228. The topological polar surface area (TPSA) is 82.1 Å². The summed E-state index contributed by atoms with van der Waals surface area (Å²) in [4.78, 5) is 25.6. The standard InChI is InChI=1S/C34H37N7O.2H2/c1-7-30(42)37-29-18-25(9-8-21(29)2)32-31-22(3)27(28-20-36-40(6)23(28)4)19-35-34(31)38-33(32)24-10-12-26(13-11-24)41-16-14-39(5)15-17-41;;/h7-13,18-20H,1,14-17H2,2-6H3,(H,35,38)(H,37,42);2*1H. The number of likely N-dealkylation sites (N-methyl/N-ethyl adjacent to an activating group) is 1. The van der Waals surface area contributed by atoms with Crippen molar-refractivity contribution in [3.63, 3.8) is 0 Å². The number of piperazine rings is 1. The van der Waals surface area contributed by atoms with Crippen LogP contribution in [0.2, 0.25) is 0 Å². The van der Waals surface area contributed by atoms with E-state index < -0.39 is 0 Å². The van der Waals surface area contributed by atoms with Crippen molar-refractivity contribution in [2.24, 2.45) is 7.05 Å². The van der Waals surface area contributed by atoms with E-state index in [0.717, 1.165) is 93.2 Å². The lowest BCUT2D eigenvalue weighted by Crippen LogP contribution is -2.44. The van der Waals surface area contributed by atoms with Crippen LogP contribution < -0.4 is 10.2 Å². The molecule has 5 aromatic rings. The van der Waals surface area contributed by atoms with Crippen molar-refractivity contribution < 1.29 is 7.65 Å². The minimum atomic E-state index is -0.235. The molecule has 2 aromatic carbocycles. The highest BCUT2D eigenvalue weighted by molar-refractivity contribution is 6.07. The number of anilines is 2. The van der Waals surface area contributed by atoms with Gasteiger partial charge in [-0.05, 0) is 74.3 Å². The van der Waals surface area contributed by atoms with Crippen LogP contribution in [0, 0.1) is 20.8 Å². The van der Waals surface area contributed by atoms with E-state index in [9.17, 15) is 4.79 Å². The van der Waals surface area contributed by atoms with E-state index in [2.05, 4.69) is 83.0 Å². The van der Waals surface area contributed by atoms with Crippen LogP contribution in [-0.2, 0) is 11.8 Å². The molecule has 8 heteroatoms. The predicted molar refractivity (Wildman–Crippen MR) is 176 cm³/mol. The summed E-state index contributed by atoms with van der Waals surface area (Å²) in [6, 6.07) is 15.0. The number of rotatable bonds is 6.